The van der Waals surface area contributed by atoms with Crippen molar-refractivity contribution in [2.45, 2.75) is 13.5 Å². The lowest BCUT2D eigenvalue weighted by Gasteiger charge is -2.08. The van der Waals surface area contributed by atoms with Crippen LogP contribution in [0.15, 0.2) is 48.5 Å². The number of primary amides is 1. The van der Waals surface area contributed by atoms with Crippen LogP contribution < -0.4 is 5.73 Å². The van der Waals surface area contributed by atoms with E-state index < -0.39 is 5.91 Å². The standard InChI is InChI=1S/C16H15N3O/c1-11-18-14-7-2-3-8-15(14)19(11)10-12-5-4-6-13(9-12)16(17)20/h2-9H,10H2,1H3,(H2,17,20). The molecule has 2 N–H and O–H groups in total. The smallest absolute Gasteiger partial charge is 0.248 e. The number of hydrogen-bond donors (Lipinski definition) is 1. The summed E-state index contributed by atoms with van der Waals surface area (Å²) in [5.41, 5.74) is 8.96. The van der Waals surface area contributed by atoms with Crippen LogP contribution in [-0.2, 0) is 6.54 Å². The molecule has 2 aromatic carbocycles. The topological polar surface area (TPSA) is 60.9 Å². The lowest BCUT2D eigenvalue weighted by molar-refractivity contribution is 0.1000. The first kappa shape index (κ1) is 12.4. The molecule has 3 aromatic rings. The molecule has 1 aromatic heterocycles. The first-order chi connectivity index (χ1) is 9.65. The molecule has 0 fully saturated rings. The second-order valence-electron chi connectivity index (χ2n) is 4.80. The van der Waals surface area contributed by atoms with E-state index in [0.29, 0.717) is 12.1 Å². The Kier molecular flexibility index (Phi) is 2.99. The highest BCUT2D eigenvalue weighted by molar-refractivity contribution is 5.92. The Balaban J connectivity index is 2.03. The summed E-state index contributed by atoms with van der Waals surface area (Å²) in [6.07, 6.45) is 0. The third-order valence-electron chi connectivity index (χ3n) is 3.40. The number of nitrogens with two attached hydrogens (primary N) is 1. The van der Waals surface area contributed by atoms with Gasteiger partial charge in [-0.15, -0.1) is 0 Å². The van der Waals surface area contributed by atoms with Crippen LogP contribution in [0.5, 0.6) is 0 Å². The molecule has 0 atom stereocenters. The molecule has 100 valence electrons. The number of rotatable bonds is 3. The summed E-state index contributed by atoms with van der Waals surface area (Å²) in [4.78, 5) is 15.8. The molecule has 0 spiro atoms. The lowest BCUT2D eigenvalue weighted by Crippen LogP contribution is -2.11. The fourth-order valence-electron chi connectivity index (χ4n) is 2.40. The van der Waals surface area contributed by atoms with Gasteiger partial charge in [-0.05, 0) is 36.8 Å². The summed E-state index contributed by atoms with van der Waals surface area (Å²) >= 11 is 0. The Morgan fingerprint density at radius 1 is 1.20 bits per heavy atom. The molecule has 4 nitrogen and oxygen atoms in total. The molecule has 0 radical (unpaired) electrons. The molecular weight excluding hydrogens is 250 g/mol. The zero-order valence-corrected chi connectivity index (χ0v) is 11.2. The summed E-state index contributed by atoms with van der Waals surface area (Å²) in [7, 11) is 0. The van der Waals surface area contributed by atoms with Crippen LogP contribution in [0.2, 0.25) is 0 Å². The first-order valence-electron chi connectivity index (χ1n) is 6.46. The van der Waals surface area contributed by atoms with Gasteiger partial charge in [-0.1, -0.05) is 24.3 Å². The highest BCUT2D eigenvalue weighted by Gasteiger charge is 2.08. The van der Waals surface area contributed by atoms with Crippen LogP contribution in [0.25, 0.3) is 11.0 Å². The maximum atomic E-state index is 11.2. The fraction of sp³-hybridized carbons (Fsp3) is 0.125. The minimum atomic E-state index is -0.404. The summed E-state index contributed by atoms with van der Waals surface area (Å²) in [6, 6.07) is 15.4. The number of nitrogens with zero attached hydrogens (tertiary/aromatic N) is 2. The van der Waals surface area contributed by atoms with Crippen molar-refractivity contribution < 1.29 is 4.79 Å². The Morgan fingerprint density at radius 3 is 2.80 bits per heavy atom. The van der Waals surface area contributed by atoms with Crippen LogP contribution in [0.4, 0.5) is 0 Å². The lowest BCUT2D eigenvalue weighted by atomic mass is 10.1. The SMILES string of the molecule is Cc1nc2ccccc2n1Cc1cccc(C(N)=O)c1. The summed E-state index contributed by atoms with van der Waals surface area (Å²) in [5.74, 6) is 0.551. The molecule has 0 saturated heterocycles. The number of benzene rings is 2. The highest BCUT2D eigenvalue weighted by atomic mass is 16.1. The third kappa shape index (κ3) is 2.16. The minimum absolute atomic E-state index is 0.404. The summed E-state index contributed by atoms with van der Waals surface area (Å²) in [5, 5.41) is 0. The van der Waals surface area contributed by atoms with Crippen molar-refractivity contribution in [3.05, 3.63) is 65.5 Å². The second kappa shape index (κ2) is 4.81. The van der Waals surface area contributed by atoms with Crippen molar-refractivity contribution in [3.8, 4) is 0 Å². The Labute approximate surface area is 116 Å². The monoisotopic (exact) mass is 265 g/mol. The fourth-order valence-corrected chi connectivity index (χ4v) is 2.40. The van der Waals surface area contributed by atoms with Crippen LogP contribution in [0.3, 0.4) is 0 Å². The van der Waals surface area contributed by atoms with Gasteiger partial charge in [-0.2, -0.15) is 0 Å². The summed E-state index contributed by atoms with van der Waals surface area (Å²) in [6.45, 7) is 2.66. The average Bonchev–Trinajstić information content (AvgIpc) is 2.76. The number of imidazole rings is 1. The van der Waals surface area contributed by atoms with Crippen LogP contribution >= 0.6 is 0 Å². The van der Waals surface area contributed by atoms with Gasteiger partial charge < -0.3 is 10.3 Å². The van der Waals surface area contributed by atoms with E-state index in [-0.39, 0.29) is 0 Å². The van der Waals surface area contributed by atoms with Crippen LogP contribution in [-0.4, -0.2) is 15.5 Å². The summed E-state index contributed by atoms with van der Waals surface area (Å²) < 4.78 is 2.13. The second-order valence-corrected chi connectivity index (χ2v) is 4.80. The third-order valence-corrected chi connectivity index (χ3v) is 3.40. The van der Waals surface area contributed by atoms with Gasteiger partial charge in [-0.25, -0.2) is 4.98 Å². The van der Waals surface area contributed by atoms with E-state index in [1.165, 1.54) is 0 Å². The van der Waals surface area contributed by atoms with Crippen molar-refractivity contribution in [2.75, 3.05) is 0 Å². The normalized spacial score (nSPS) is 10.8. The van der Waals surface area contributed by atoms with E-state index in [1.807, 2.05) is 49.4 Å². The van der Waals surface area contributed by atoms with Crippen molar-refractivity contribution in [3.63, 3.8) is 0 Å². The minimum Gasteiger partial charge on any atom is -0.366 e. The van der Waals surface area contributed by atoms with E-state index in [9.17, 15) is 4.79 Å². The van der Waals surface area contributed by atoms with E-state index in [4.69, 9.17) is 5.73 Å². The van der Waals surface area contributed by atoms with Crippen LogP contribution in [0.1, 0.15) is 21.7 Å². The number of hydrogen-bond acceptors (Lipinski definition) is 2. The Hall–Kier alpha value is -2.62. The van der Waals surface area contributed by atoms with E-state index in [1.54, 1.807) is 6.07 Å². The van der Waals surface area contributed by atoms with E-state index in [2.05, 4.69) is 9.55 Å². The average molecular weight is 265 g/mol. The molecule has 0 unspecified atom stereocenters. The van der Waals surface area contributed by atoms with Crippen molar-refractivity contribution in [1.82, 2.24) is 9.55 Å². The molecule has 3 rings (SSSR count). The molecule has 1 amide bonds. The van der Waals surface area contributed by atoms with Gasteiger partial charge in [0.25, 0.3) is 0 Å². The molecule has 20 heavy (non-hydrogen) atoms. The van der Waals surface area contributed by atoms with E-state index >= 15 is 0 Å². The van der Waals surface area contributed by atoms with Gasteiger partial charge in [0.2, 0.25) is 5.91 Å². The number of amides is 1. The molecule has 0 bridgehead atoms. The Bertz CT molecular complexity index is 789. The molecule has 0 aliphatic rings. The molecule has 0 aliphatic carbocycles. The molecule has 4 heteroatoms. The molecular formula is C16H15N3O. The first-order valence-corrected chi connectivity index (χ1v) is 6.46. The molecule has 0 saturated carbocycles. The van der Waals surface area contributed by atoms with Crippen LogP contribution in [0, 0.1) is 6.92 Å². The number of fused-ring (bicyclic) bond motifs is 1. The van der Waals surface area contributed by atoms with Gasteiger partial charge in [0.1, 0.15) is 5.82 Å². The van der Waals surface area contributed by atoms with Gasteiger partial charge in [0.15, 0.2) is 0 Å². The quantitative estimate of drug-likeness (QED) is 0.791. The highest BCUT2D eigenvalue weighted by Crippen LogP contribution is 2.17. The maximum Gasteiger partial charge on any atom is 0.248 e. The zero-order chi connectivity index (χ0) is 14.1. The van der Waals surface area contributed by atoms with E-state index in [0.717, 1.165) is 22.4 Å². The Morgan fingerprint density at radius 2 is 2.00 bits per heavy atom. The number of aromatic nitrogens is 2. The predicted octanol–water partition coefficient (Wildman–Crippen LogP) is 2.49. The number of para-hydroxylation sites is 2. The number of carbonyl (C=O) groups excluding carboxylic acids is 1. The largest absolute Gasteiger partial charge is 0.366 e. The molecule has 1 heterocycles. The van der Waals surface area contributed by atoms with Gasteiger partial charge in [0.05, 0.1) is 11.0 Å². The van der Waals surface area contributed by atoms with Crippen molar-refractivity contribution >= 4 is 16.9 Å². The maximum absolute atomic E-state index is 11.2. The zero-order valence-electron chi connectivity index (χ0n) is 11.2. The number of carbonyl (C=O) groups is 1. The molecule has 0 aliphatic heterocycles. The van der Waals surface area contributed by atoms with Crippen molar-refractivity contribution in [2.24, 2.45) is 5.73 Å². The van der Waals surface area contributed by atoms with Gasteiger partial charge >= 0.3 is 0 Å². The number of aryl methyl sites for hydroxylation is 1. The van der Waals surface area contributed by atoms with Gasteiger partial charge in [-0.3, -0.25) is 4.79 Å². The van der Waals surface area contributed by atoms with Crippen molar-refractivity contribution in [1.29, 1.82) is 0 Å². The van der Waals surface area contributed by atoms with Gasteiger partial charge in [0, 0.05) is 12.1 Å². The predicted molar refractivity (Wildman–Crippen MR) is 78.5 cm³/mol.